The number of phenolic OH excluding ortho intramolecular Hbond substituents is 2. The summed E-state index contributed by atoms with van der Waals surface area (Å²) in [5.41, 5.74) is 1.80. The van der Waals surface area contributed by atoms with Crippen LogP contribution in [0.5, 0.6) is 28.7 Å². The highest BCUT2D eigenvalue weighted by Crippen LogP contribution is 2.40. The van der Waals surface area contributed by atoms with E-state index in [1.165, 1.54) is 79.9 Å². The Morgan fingerprint density at radius 1 is 0.559 bits per heavy atom. The average Bonchev–Trinajstić information content (AvgIpc) is 3.20. The quantitative estimate of drug-likeness (QED) is 0.0637. The predicted octanol–water partition coefficient (Wildman–Crippen LogP) is 5.43. The van der Waals surface area contributed by atoms with Gasteiger partial charge in [-0.3, -0.25) is 24.0 Å². The van der Waals surface area contributed by atoms with E-state index in [1.807, 2.05) is 0 Å². The summed E-state index contributed by atoms with van der Waals surface area (Å²) in [5.74, 6) is -6.18. The molecule has 17 heteroatoms. The van der Waals surface area contributed by atoms with E-state index in [-0.39, 0.29) is 57.8 Å². The monoisotopic (exact) mass is 803 g/mol. The van der Waals surface area contributed by atoms with Crippen molar-refractivity contribution >= 4 is 63.8 Å². The fraction of sp³-hybridized carbons (Fsp3) is 0.0952. The Balaban J connectivity index is 1.12. The van der Waals surface area contributed by atoms with E-state index in [0.717, 1.165) is 18.7 Å². The summed E-state index contributed by atoms with van der Waals surface area (Å²) >= 11 is 0. The van der Waals surface area contributed by atoms with E-state index in [0.29, 0.717) is 16.9 Å². The van der Waals surface area contributed by atoms with Gasteiger partial charge in [0.25, 0.3) is 17.7 Å². The fourth-order valence-corrected chi connectivity index (χ4v) is 5.55. The van der Waals surface area contributed by atoms with Crippen LogP contribution in [-0.2, 0) is 9.59 Å². The third-order valence-electron chi connectivity index (χ3n) is 8.57. The first-order chi connectivity index (χ1) is 28.2. The minimum Gasteiger partial charge on any atom is -0.508 e. The Hall–Kier alpha value is -8.34. The number of methoxy groups -OCH3 is 2. The van der Waals surface area contributed by atoms with Crippen molar-refractivity contribution in [1.82, 2.24) is 5.32 Å². The second kappa shape index (κ2) is 18.5. The van der Waals surface area contributed by atoms with Crippen molar-refractivity contribution in [3.8, 4) is 28.7 Å². The van der Waals surface area contributed by atoms with Gasteiger partial charge in [0.1, 0.15) is 11.3 Å². The number of aromatic carboxylic acids is 1. The smallest absolute Gasteiger partial charge is 0.339 e. The van der Waals surface area contributed by atoms with E-state index >= 15 is 0 Å². The first kappa shape index (κ1) is 41.8. The van der Waals surface area contributed by atoms with Crippen LogP contribution in [0.25, 0.3) is 5.57 Å². The molecule has 5 amide bonds. The minimum atomic E-state index is -1.42. The largest absolute Gasteiger partial charge is 0.508 e. The normalized spacial score (nSPS) is 10.8. The van der Waals surface area contributed by atoms with Crippen LogP contribution in [0.1, 0.15) is 53.9 Å². The molecular formula is C42H37N5O12. The lowest BCUT2D eigenvalue weighted by atomic mass is 10.1. The number of carbonyl (C=O) groups is 6. The number of phenols is 3. The molecule has 5 aromatic carbocycles. The van der Waals surface area contributed by atoms with Crippen LogP contribution < -0.4 is 36.1 Å². The molecule has 0 aliphatic heterocycles. The zero-order valence-corrected chi connectivity index (χ0v) is 31.6. The number of amides is 5. The molecule has 0 unspecified atom stereocenters. The van der Waals surface area contributed by atoms with Gasteiger partial charge in [-0.15, -0.1) is 0 Å². The lowest BCUT2D eigenvalue weighted by Gasteiger charge is -2.16. The molecule has 302 valence electrons. The van der Waals surface area contributed by atoms with E-state index in [2.05, 4.69) is 26.6 Å². The third kappa shape index (κ3) is 10.3. The van der Waals surface area contributed by atoms with Crippen LogP contribution in [0.3, 0.4) is 0 Å². The number of benzene rings is 5. The summed E-state index contributed by atoms with van der Waals surface area (Å²) < 4.78 is 10.3. The van der Waals surface area contributed by atoms with Gasteiger partial charge in [0, 0.05) is 28.6 Å². The molecule has 0 bridgehead atoms. The Kier molecular flexibility index (Phi) is 13.1. The SMILES string of the molecule is COc1c(NC(=O)c2ccc(NC(=O)c3ccc(NC(=O)CNC(=O)c4ccc(NC(=O)/C=C(\C)c5ccc(O)cc5)cc4)cc3)c(OC)c2O)ccc(C(=O)O)c1O. The maximum atomic E-state index is 13.1. The molecule has 9 N–H and O–H groups in total. The number of allylic oxidation sites excluding steroid dienone is 1. The second-order valence-electron chi connectivity index (χ2n) is 12.5. The number of hydrogen-bond donors (Lipinski definition) is 9. The van der Waals surface area contributed by atoms with Crippen LogP contribution in [-0.4, -0.2) is 76.7 Å². The van der Waals surface area contributed by atoms with Crippen molar-refractivity contribution in [3.05, 3.63) is 131 Å². The second-order valence-corrected chi connectivity index (χ2v) is 12.5. The molecule has 0 fully saturated rings. The zero-order chi connectivity index (χ0) is 42.8. The van der Waals surface area contributed by atoms with Crippen molar-refractivity contribution in [2.24, 2.45) is 0 Å². The van der Waals surface area contributed by atoms with E-state index < -0.39 is 46.7 Å². The van der Waals surface area contributed by atoms with Crippen molar-refractivity contribution in [3.63, 3.8) is 0 Å². The molecule has 0 atom stereocenters. The Labute approximate surface area is 335 Å². The van der Waals surface area contributed by atoms with Gasteiger partial charge in [-0.05, 0) is 103 Å². The first-order valence-electron chi connectivity index (χ1n) is 17.4. The lowest BCUT2D eigenvalue weighted by Crippen LogP contribution is -2.32. The maximum absolute atomic E-state index is 13.1. The molecule has 0 spiro atoms. The molecule has 5 rings (SSSR count). The maximum Gasteiger partial charge on any atom is 0.339 e. The van der Waals surface area contributed by atoms with Crippen LogP contribution in [0, 0.1) is 0 Å². The molecule has 0 aliphatic rings. The highest BCUT2D eigenvalue weighted by atomic mass is 16.5. The number of hydrogen-bond acceptors (Lipinski definition) is 11. The number of aromatic hydroxyl groups is 3. The number of anilines is 4. The van der Waals surface area contributed by atoms with Gasteiger partial charge < -0.3 is 56.5 Å². The van der Waals surface area contributed by atoms with Crippen molar-refractivity contribution in [1.29, 1.82) is 0 Å². The number of carbonyl (C=O) groups excluding carboxylic acids is 5. The molecule has 17 nitrogen and oxygen atoms in total. The van der Waals surface area contributed by atoms with Gasteiger partial charge in [0.15, 0.2) is 23.0 Å². The molecule has 0 saturated carbocycles. The zero-order valence-electron chi connectivity index (χ0n) is 31.6. The predicted molar refractivity (Wildman–Crippen MR) is 216 cm³/mol. The fourth-order valence-electron chi connectivity index (χ4n) is 5.55. The highest BCUT2D eigenvalue weighted by molar-refractivity contribution is 6.10. The molecule has 0 aromatic heterocycles. The lowest BCUT2D eigenvalue weighted by molar-refractivity contribution is -0.115. The Morgan fingerprint density at radius 3 is 1.58 bits per heavy atom. The van der Waals surface area contributed by atoms with Crippen LogP contribution >= 0.6 is 0 Å². The summed E-state index contributed by atoms with van der Waals surface area (Å²) in [7, 11) is 2.37. The topological polar surface area (TPSA) is 262 Å². The molecule has 0 aliphatic carbocycles. The number of nitrogens with one attached hydrogen (secondary N) is 5. The summed E-state index contributed by atoms with van der Waals surface area (Å²) in [6.45, 7) is 1.39. The van der Waals surface area contributed by atoms with Crippen LogP contribution in [0.2, 0.25) is 0 Å². The van der Waals surface area contributed by atoms with Gasteiger partial charge in [-0.2, -0.15) is 0 Å². The van der Waals surface area contributed by atoms with Gasteiger partial charge in [0.05, 0.1) is 37.7 Å². The van der Waals surface area contributed by atoms with E-state index in [1.54, 1.807) is 31.2 Å². The van der Waals surface area contributed by atoms with Crippen molar-refractivity contribution in [2.75, 3.05) is 42.0 Å². The van der Waals surface area contributed by atoms with E-state index in [4.69, 9.17) is 9.47 Å². The number of ether oxygens (including phenoxy) is 2. The van der Waals surface area contributed by atoms with Crippen molar-refractivity contribution < 1.29 is 58.7 Å². The Morgan fingerprint density at radius 2 is 1.03 bits per heavy atom. The molecule has 5 aromatic rings. The van der Waals surface area contributed by atoms with Gasteiger partial charge in [0.2, 0.25) is 11.8 Å². The van der Waals surface area contributed by atoms with Crippen LogP contribution in [0.15, 0.2) is 103 Å². The minimum absolute atomic E-state index is 0.00862. The number of rotatable bonds is 14. The molecule has 0 radical (unpaired) electrons. The van der Waals surface area contributed by atoms with Crippen molar-refractivity contribution in [2.45, 2.75) is 6.92 Å². The van der Waals surface area contributed by atoms with Gasteiger partial charge in [-0.25, -0.2) is 4.79 Å². The first-order valence-corrected chi connectivity index (χ1v) is 17.4. The molecule has 0 saturated heterocycles. The summed E-state index contributed by atoms with van der Waals surface area (Å²) in [6, 6.07) is 23.0. The number of carboxylic acid groups (broad SMARTS) is 1. The van der Waals surface area contributed by atoms with Crippen LogP contribution in [0.4, 0.5) is 22.7 Å². The number of carboxylic acids is 1. The third-order valence-corrected chi connectivity index (χ3v) is 8.57. The highest BCUT2D eigenvalue weighted by Gasteiger charge is 2.24. The van der Waals surface area contributed by atoms with Gasteiger partial charge >= 0.3 is 5.97 Å². The Bertz CT molecular complexity index is 2460. The molecular weight excluding hydrogens is 766 g/mol. The standard InChI is InChI=1S/C42H37N5O12/c1-22(23-8-14-28(48)15-9-23)20-33(49)44-26-10-4-24(5-11-26)39(53)43-21-34(50)45-27-12-6-25(7-13-27)40(54)46-31-18-16-29(35(51)37(31)58-2)41(55)47-32-19-17-30(42(56)57)36(52)38(32)59-3/h4-20,48,51-52H,21H2,1-3H3,(H,43,53)(H,44,49)(H,45,50)(H,46,54)(H,47,55)(H,56,57)/b22-20+. The average molecular weight is 804 g/mol. The van der Waals surface area contributed by atoms with E-state index in [9.17, 15) is 49.2 Å². The van der Waals surface area contributed by atoms with Gasteiger partial charge in [-0.1, -0.05) is 12.1 Å². The summed E-state index contributed by atoms with van der Waals surface area (Å²) in [5, 5.41) is 52.7. The molecule has 59 heavy (non-hydrogen) atoms. The summed E-state index contributed by atoms with van der Waals surface area (Å²) in [6.07, 6.45) is 1.41. The summed E-state index contributed by atoms with van der Waals surface area (Å²) in [4.78, 5) is 75.2. The molecule has 0 heterocycles.